The summed E-state index contributed by atoms with van der Waals surface area (Å²) in [7, 11) is 0. The molecule has 2 rings (SSSR count). The number of halogens is 3. The summed E-state index contributed by atoms with van der Waals surface area (Å²) in [6.07, 6.45) is 1.50. The third-order valence-electron chi connectivity index (χ3n) is 2.81. The molecule has 1 aromatic heterocycles. The number of pyridine rings is 1. The van der Waals surface area contributed by atoms with Crippen molar-refractivity contribution in [3.63, 3.8) is 0 Å². The van der Waals surface area contributed by atoms with Gasteiger partial charge in [0.2, 0.25) is 0 Å². The summed E-state index contributed by atoms with van der Waals surface area (Å²) in [6.45, 7) is 0. The van der Waals surface area contributed by atoms with Gasteiger partial charge in [0.25, 0.3) is 0 Å². The second-order valence-electron chi connectivity index (χ2n) is 4.12. The highest BCUT2D eigenvalue weighted by Gasteiger charge is 2.31. The van der Waals surface area contributed by atoms with Gasteiger partial charge in [0.1, 0.15) is 4.64 Å². The molecule has 17 heavy (non-hydrogen) atoms. The second-order valence-corrected chi connectivity index (χ2v) is 4.56. The first-order valence-corrected chi connectivity index (χ1v) is 5.88. The van der Waals surface area contributed by atoms with Gasteiger partial charge < -0.3 is 4.98 Å². The Bertz CT molecular complexity index is 499. The van der Waals surface area contributed by atoms with E-state index < -0.39 is 11.7 Å². The fraction of sp³-hybridized carbons (Fsp3) is 0.417. The largest absolute Gasteiger partial charge is 0.416 e. The van der Waals surface area contributed by atoms with Crippen LogP contribution in [0, 0.1) is 4.64 Å². The Kier molecular flexibility index (Phi) is 3.38. The highest BCUT2D eigenvalue weighted by atomic mass is 32.1. The normalized spacial score (nSPS) is 16.8. The maximum absolute atomic E-state index is 12.6. The van der Waals surface area contributed by atoms with E-state index in [-0.39, 0.29) is 4.64 Å². The Morgan fingerprint density at radius 2 is 1.94 bits per heavy atom. The van der Waals surface area contributed by atoms with Crippen molar-refractivity contribution >= 4 is 17.8 Å². The van der Waals surface area contributed by atoms with Gasteiger partial charge in [0.05, 0.1) is 5.56 Å². The van der Waals surface area contributed by atoms with Crippen LogP contribution in [0.2, 0.25) is 0 Å². The van der Waals surface area contributed by atoms with Crippen LogP contribution in [-0.2, 0) is 6.18 Å². The number of allylic oxidation sites excluding steroid dienone is 2. The average molecular weight is 259 g/mol. The lowest BCUT2D eigenvalue weighted by molar-refractivity contribution is -0.137. The van der Waals surface area contributed by atoms with Crippen LogP contribution in [0.25, 0.3) is 5.57 Å². The molecule has 1 aliphatic rings. The zero-order valence-electron chi connectivity index (χ0n) is 9.10. The number of rotatable bonds is 1. The van der Waals surface area contributed by atoms with Crippen LogP contribution in [0.5, 0.6) is 0 Å². The molecule has 1 heterocycles. The lowest BCUT2D eigenvalue weighted by Crippen LogP contribution is -2.07. The quantitative estimate of drug-likeness (QED) is 0.721. The molecule has 1 nitrogen and oxygen atoms in total. The van der Waals surface area contributed by atoms with Gasteiger partial charge in [0, 0.05) is 5.69 Å². The van der Waals surface area contributed by atoms with Gasteiger partial charge in [-0.15, -0.1) is 0 Å². The van der Waals surface area contributed by atoms with Crippen molar-refractivity contribution in [3.05, 3.63) is 34.1 Å². The summed E-state index contributed by atoms with van der Waals surface area (Å²) in [5.74, 6) is 0. The minimum Gasteiger partial charge on any atom is -0.346 e. The summed E-state index contributed by atoms with van der Waals surface area (Å²) < 4.78 is 38.0. The van der Waals surface area contributed by atoms with Crippen LogP contribution in [0.15, 0.2) is 18.2 Å². The predicted octanol–water partition coefficient (Wildman–Crippen LogP) is 4.72. The summed E-state index contributed by atoms with van der Waals surface area (Å²) in [5.41, 5.74) is 0.765. The van der Waals surface area contributed by atoms with Crippen LogP contribution in [0.3, 0.4) is 0 Å². The molecule has 0 amide bonds. The number of alkyl halides is 3. The SMILES string of the molecule is FC(F)(F)c1cc(C2=CCCCC2)[nH]c(=S)c1. The molecule has 0 radical (unpaired) electrons. The molecular weight excluding hydrogens is 247 g/mol. The fourth-order valence-electron chi connectivity index (χ4n) is 1.96. The first kappa shape index (κ1) is 12.4. The summed E-state index contributed by atoms with van der Waals surface area (Å²) >= 11 is 4.84. The monoisotopic (exact) mass is 259 g/mol. The summed E-state index contributed by atoms with van der Waals surface area (Å²) in [6, 6.07) is 2.11. The fourth-order valence-corrected chi connectivity index (χ4v) is 2.20. The molecular formula is C12H12F3NS. The van der Waals surface area contributed by atoms with E-state index >= 15 is 0 Å². The highest BCUT2D eigenvalue weighted by Crippen LogP contribution is 2.32. The molecule has 1 N–H and O–H groups in total. The Hall–Kier alpha value is -1.10. The zero-order chi connectivity index (χ0) is 12.5. The predicted molar refractivity (Wildman–Crippen MR) is 63.1 cm³/mol. The number of H-pyrrole nitrogens is 1. The molecule has 0 aliphatic heterocycles. The molecule has 0 atom stereocenters. The van der Waals surface area contributed by atoms with E-state index in [2.05, 4.69) is 4.98 Å². The van der Waals surface area contributed by atoms with E-state index in [1.54, 1.807) is 0 Å². The summed E-state index contributed by atoms with van der Waals surface area (Å²) in [5, 5.41) is 0. The maximum atomic E-state index is 12.6. The van der Waals surface area contributed by atoms with Crippen LogP contribution in [-0.4, -0.2) is 4.98 Å². The van der Waals surface area contributed by atoms with Gasteiger partial charge in [0.15, 0.2) is 0 Å². The van der Waals surface area contributed by atoms with E-state index in [4.69, 9.17) is 12.2 Å². The van der Waals surface area contributed by atoms with Gasteiger partial charge >= 0.3 is 6.18 Å². The molecule has 0 saturated carbocycles. The molecule has 5 heteroatoms. The standard InChI is InChI=1S/C12H12F3NS/c13-12(14,15)9-6-10(16-11(17)7-9)8-4-2-1-3-5-8/h4,6-7H,1-3,5H2,(H,16,17). The Morgan fingerprint density at radius 1 is 1.18 bits per heavy atom. The minimum absolute atomic E-state index is 0.126. The highest BCUT2D eigenvalue weighted by molar-refractivity contribution is 7.71. The molecule has 0 fully saturated rings. The first-order valence-electron chi connectivity index (χ1n) is 5.48. The van der Waals surface area contributed by atoms with Gasteiger partial charge in [-0.3, -0.25) is 0 Å². The van der Waals surface area contributed by atoms with Crippen LogP contribution in [0.1, 0.15) is 36.9 Å². The number of hydrogen-bond acceptors (Lipinski definition) is 1. The topological polar surface area (TPSA) is 15.8 Å². The molecule has 1 aromatic rings. The van der Waals surface area contributed by atoms with Crippen molar-refractivity contribution in [3.8, 4) is 0 Å². The van der Waals surface area contributed by atoms with Crippen molar-refractivity contribution < 1.29 is 13.2 Å². The molecule has 0 unspecified atom stereocenters. The molecule has 92 valence electrons. The Morgan fingerprint density at radius 3 is 2.53 bits per heavy atom. The van der Waals surface area contributed by atoms with E-state index in [0.717, 1.165) is 43.4 Å². The van der Waals surface area contributed by atoms with E-state index in [0.29, 0.717) is 5.69 Å². The Balaban J connectivity index is 2.45. The number of aromatic nitrogens is 1. The molecule has 0 spiro atoms. The van der Waals surface area contributed by atoms with Gasteiger partial charge in [-0.05, 0) is 43.4 Å². The van der Waals surface area contributed by atoms with Crippen molar-refractivity contribution in [1.82, 2.24) is 4.98 Å². The third kappa shape index (κ3) is 2.97. The van der Waals surface area contributed by atoms with Gasteiger partial charge in [-0.25, -0.2) is 0 Å². The van der Waals surface area contributed by atoms with Gasteiger partial charge in [-0.2, -0.15) is 13.2 Å². The second kappa shape index (κ2) is 4.64. The molecule has 1 aliphatic carbocycles. The van der Waals surface area contributed by atoms with Crippen molar-refractivity contribution in [1.29, 1.82) is 0 Å². The molecule has 0 saturated heterocycles. The Labute approximate surface area is 102 Å². The maximum Gasteiger partial charge on any atom is 0.416 e. The van der Waals surface area contributed by atoms with E-state index in [1.807, 2.05) is 6.08 Å². The third-order valence-corrected chi connectivity index (χ3v) is 3.03. The first-order chi connectivity index (χ1) is 7.97. The number of nitrogens with one attached hydrogen (secondary N) is 1. The van der Waals surface area contributed by atoms with Crippen LogP contribution < -0.4 is 0 Å². The molecule has 0 bridgehead atoms. The lowest BCUT2D eigenvalue weighted by atomic mass is 9.96. The molecule has 0 aromatic carbocycles. The number of aromatic amines is 1. The van der Waals surface area contributed by atoms with Gasteiger partial charge in [-0.1, -0.05) is 18.3 Å². The van der Waals surface area contributed by atoms with E-state index in [1.165, 1.54) is 0 Å². The zero-order valence-corrected chi connectivity index (χ0v) is 9.92. The lowest BCUT2D eigenvalue weighted by Gasteiger charge is -2.14. The minimum atomic E-state index is -4.34. The van der Waals surface area contributed by atoms with Crippen molar-refractivity contribution in [2.45, 2.75) is 31.9 Å². The average Bonchev–Trinajstić information content (AvgIpc) is 2.28. The van der Waals surface area contributed by atoms with Crippen molar-refractivity contribution in [2.24, 2.45) is 0 Å². The van der Waals surface area contributed by atoms with E-state index in [9.17, 15) is 13.2 Å². The number of hydrogen-bond donors (Lipinski definition) is 1. The van der Waals surface area contributed by atoms with Crippen molar-refractivity contribution in [2.75, 3.05) is 0 Å². The summed E-state index contributed by atoms with van der Waals surface area (Å²) in [4.78, 5) is 2.84. The van der Waals surface area contributed by atoms with Crippen LogP contribution >= 0.6 is 12.2 Å². The van der Waals surface area contributed by atoms with Crippen LogP contribution in [0.4, 0.5) is 13.2 Å². The smallest absolute Gasteiger partial charge is 0.346 e.